The summed E-state index contributed by atoms with van der Waals surface area (Å²) in [6.07, 6.45) is 0.784. The smallest absolute Gasteiger partial charge is 0.310 e. The number of ether oxygens (including phenoxy) is 1. The molecule has 2 aromatic rings. The number of hydrogen-bond donors (Lipinski definition) is 1. The van der Waals surface area contributed by atoms with Gasteiger partial charge >= 0.3 is 5.97 Å². The van der Waals surface area contributed by atoms with Crippen LogP contribution in [0.3, 0.4) is 0 Å². The van der Waals surface area contributed by atoms with Crippen molar-refractivity contribution < 1.29 is 19.4 Å². The van der Waals surface area contributed by atoms with E-state index in [9.17, 15) is 9.59 Å². The quantitative estimate of drug-likeness (QED) is 0.827. The second-order valence-corrected chi connectivity index (χ2v) is 4.78. The number of carbonyl (C=O) groups excluding carboxylic acids is 1. The molecule has 4 heteroatoms. The molecule has 0 aromatic heterocycles. The van der Waals surface area contributed by atoms with Crippen LogP contribution in [-0.4, -0.2) is 17.4 Å². The van der Waals surface area contributed by atoms with Crippen molar-refractivity contribution in [1.82, 2.24) is 0 Å². The maximum Gasteiger partial charge on any atom is 0.310 e. The minimum Gasteiger partial charge on any atom is -0.489 e. The Hall–Kier alpha value is -2.62. The molecule has 0 fully saturated rings. The number of carboxylic acid groups (broad SMARTS) is 1. The van der Waals surface area contributed by atoms with Crippen LogP contribution < -0.4 is 4.74 Å². The Morgan fingerprint density at radius 1 is 1.14 bits per heavy atom. The monoisotopic (exact) mass is 284 g/mol. The van der Waals surface area contributed by atoms with Gasteiger partial charge in [0.25, 0.3) is 0 Å². The lowest BCUT2D eigenvalue weighted by atomic mass is 10.0. The normalized spacial score (nSPS) is 11.7. The Bertz CT molecular complexity index is 614. The number of carbonyl (C=O) groups is 2. The fourth-order valence-corrected chi connectivity index (χ4v) is 1.85. The largest absolute Gasteiger partial charge is 0.489 e. The molecule has 0 saturated heterocycles. The fourth-order valence-electron chi connectivity index (χ4n) is 1.85. The number of benzene rings is 2. The summed E-state index contributed by atoms with van der Waals surface area (Å²) in [4.78, 5) is 21.4. The van der Waals surface area contributed by atoms with Crippen molar-refractivity contribution >= 4 is 12.3 Å². The third-order valence-electron chi connectivity index (χ3n) is 3.27. The Labute approximate surface area is 123 Å². The molecule has 0 heterocycles. The van der Waals surface area contributed by atoms with Crippen LogP contribution in [0.15, 0.2) is 48.5 Å². The zero-order chi connectivity index (χ0) is 15.2. The highest BCUT2D eigenvalue weighted by Crippen LogP contribution is 2.18. The molecule has 0 spiro atoms. The maximum atomic E-state index is 10.9. The van der Waals surface area contributed by atoms with Crippen molar-refractivity contribution in [1.29, 1.82) is 0 Å². The second-order valence-electron chi connectivity index (χ2n) is 4.78. The fraction of sp³-hybridized carbons (Fsp3) is 0.176. The number of aliphatic carboxylic acids is 1. The van der Waals surface area contributed by atoms with Crippen LogP contribution in [0.5, 0.6) is 5.75 Å². The molecule has 0 radical (unpaired) electrons. The maximum absolute atomic E-state index is 10.9. The van der Waals surface area contributed by atoms with Crippen LogP contribution in [0.25, 0.3) is 0 Å². The molecule has 108 valence electrons. The van der Waals surface area contributed by atoms with Crippen molar-refractivity contribution in [2.75, 3.05) is 0 Å². The zero-order valence-electron chi connectivity index (χ0n) is 11.7. The summed E-state index contributed by atoms with van der Waals surface area (Å²) >= 11 is 0. The molecular weight excluding hydrogens is 268 g/mol. The van der Waals surface area contributed by atoms with Gasteiger partial charge in [0.2, 0.25) is 0 Å². The Morgan fingerprint density at radius 3 is 2.29 bits per heavy atom. The molecule has 4 nitrogen and oxygen atoms in total. The van der Waals surface area contributed by atoms with Gasteiger partial charge in [0.1, 0.15) is 18.6 Å². The third kappa shape index (κ3) is 3.92. The van der Waals surface area contributed by atoms with Crippen LogP contribution in [-0.2, 0) is 11.4 Å². The van der Waals surface area contributed by atoms with Crippen molar-refractivity contribution in [3.8, 4) is 5.75 Å². The van der Waals surface area contributed by atoms with Crippen molar-refractivity contribution in [3.63, 3.8) is 0 Å². The first-order valence-electron chi connectivity index (χ1n) is 6.60. The molecule has 0 saturated carbocycles. The molecule has 21 heavy (non-hydrogen) atoms. The lowest BCUT2D eigenvalue weighted by molar-refractivity contribution is -0.138. The van der Waals surface area contributed by atoms with E-state index < -0.39 is 11.9 Å². The van der Waals surface area contributed by atoms with Gasteiger partial charge in [0, 0.05) is 5.56 Å². The Morgan fingerprint density at radius 2 is 1.76 bits per heavy atom. The van der Waals surface area contributed by atoms with Crippen LogP contribution in [0.1, 0.15) is 34.3 Å². The van der Waals surface area contributed by atoms with E-state index in [0.717, 1.165) is 17.4 Å². The Kier molecular flexibility index (Phi) is 4.72. The van der Waals surface area contributed by atoms with E-state index in [0.29, 0.717) is 17.9 Å². The molecule has 1 unspecified atom stereocenters. The van der Waals surface area contributed by atoms with Crippen LogP contribution >= 0.6 is 0 Å². The first-order valence-corrected chi connectivity index (χ1v) is 6.60. The molecule has 0 aliphatic heterocycles. The summed E-state index contributed by atoms with van der Waals surface area (Å²) in [6, 6.07) is 14.2. The first-order chi connectivity index (χ1) is 10.1. The van der Waals surface area contributed by atoms with Crippen LogP contribution in [0.4, 0.5) is 0 Å². The minimum atomic E-state index is -0.839. The van der Waals surface area contributed by atoms with E-state index in [-0.39, 0.29) is 0 Å². The molecule has 1 atom stereocenters. The topological polar surface area (TPSA) is 63.6 Å². The molecule has 0 aliphatic rings. The van der Waals surface area contributed by atoms with E-state index in [2.05, 4.69) is 0 Å². The summed E-state index contributed by atoms with van der Waals surface area (Å²) in [5, 5.41) is 8.95. The summed E-state index contributed by atoms with van der Waals surface area (Å²) in [6.45, 7) is 2.05. The highest BCUT2D eigenvalue weighted by molar-refractivity contribution is 5.75. The van der Waals surface area contributed by atoms with Gasteiger partial charge in [0.05, 0.1) is 5.92 Å². The molecule has 0 amide bonds. The minimum absolute atomic E-state index is 0.391. The molecular formula is C17H16O4. The number of aldehydes is 1. The van der Waals surface area contributed by atoms with Gasteiger partial charge in [-0.25, -0.2) is 0 Å². The summed E-state index contributed by atoms with van der Waals surface area (Å²) in [7, 11) is 0. The SMILES string of the molecule is CC(C(=O)O)c1ccc(COc2ccc(C=O)cc2)cc1. The lowest BCUT2D eigenvalue weighted by Gasteiger charge is -2.09. The van der Waals surface area contributed by atoms with Crippen molar-refractivity contribution in [2.24, 2.45) is 0 Å². The van der Waals surface area contributed by atoms with Crippen LogP contribution in [0, 0.1) is 0 Å². The Balaban J connectivity index is 1.96. The average molecular weight is 284 g/mol. The number of rotatable bonds is 6. The third-order valence-corrected chi connectivity index (χ3v) is 3.27. The van der Waals surface area contributed by atoms with Gasteiger partial charge in [-0.15, -0.1) is 0 Å². The predicted molar refractivity (Wildman–Crippen MR) is 78.7 cm³/mol. The highest BCUT2D eigenvalue weighted by atomic mass is 16.5. The standard InChI is InChI=1S/C17H16O4/c1-12(17(19)20)15-6-2-14(3-7-15)11-21-16-8-4-13(10-18)5-9-16/h2-10,12H,11H2,1H3,(H,19,20). The highest BCUT2D eigenvalue weighted by Gasteiger charge is 2.12. The van der Waals surface area contributed by atoms with Gasteiger partial charge in [-0.1, -0.05) is 24.3 Å². The molecule has 0 bridgehead atoms. The lowest BCUT2D eigenvalue weighted by Crippen LogP contribution is -2.07. The van der Waals surface area contributed by atoms with E-state index in [1.807, 2.05) is 12.1 Å². The number of hydrogen-bond acceptors (Lipinski definition) is 3. The molecule has 1 N–H and O–H groups in total. The van der Waals surface area contributed by atoms with Gasteiger partial charge < -0.3 is 9.84 Å². The van der Waals surface area contributed by atoms with Crippen LogP contribution in [0.2, 0.25) is 0 Å². The van der Waals surface area contributed by atoms with Crippen molar-refractivity contribution in [3.05, 3.63) is 65.2 Å². The van der Waals surface area contributed by atoms with E-state index in [4.69, 9.17) is 9.84 Å². The van der Waals surface area contributed by atoms with Gasteiger partial charge in [-0.3, -0.25) is 9.59 Å². The van der Waals surface area contributed by atoms with E-state index in [1.165, 1.54) is 0 Å². The molecule has 2 rings (SSSR count). The van der Waals surface area contributed by atoms with E-state index in [1.54, 1.807) is 43.3 Å². The van der Waals surface area contributed by atoms with Gasteiger partial charge in [-0.05, 0) is 42.3 Å². The van der Waals surface area contributed by atoms with Gasteiger partial charge in [0.15, 0.2) is 0 Å². The summed E-state index contributed by atoms with van der Waals surface area (Å²) in [5.74, 6) is -0.672. The average Bonchev–Trinajstić information content (AvgIpc) is 2.53. The number of carboxylic acids is 1. The van der Waals surface area contributed by atoms with Crippen molar-refractivity contribution in [2.45, 2.75) is 19.4 Å². The predicted octanol–water partition coefficient (Wildman–Crippen LogP) is 3.27. The van der Waals surface area contributed by atoms with Gasteiger partial charge in [-0.2, -0.15) is 0 Å². The first kappa shape index (κ1) is 14.8. The zero-order valence-corrected chi connectivity index (χ0v) is 11.7. The second kappa shape index (κ2) is 6.70. The summed E-state index contributed by atoms with van der Waals surface area (Å²) in [5.41, 5.74) is 2.33. The summed E-state index contributed by atoms with van der Waals surface area (Å²) < 4.78 is 5.61. The molecule has 0 aliphatic carbocycles. The van der Waals surface area contributed by atoms with E-state index >= 15 is 0 Å². The molecule has 2 aromatic carbocycles.